The molecule has 4 heteroatoms. The largest absolute Gasteiger partial charge is 0.496 e. The van der Waals surface area contributed by atoms with Crippen molar-refractivity contribution in [2.45, 2.75) is 19.3 Å². The third-order valence-corrected chi connectivity index (χ3v) is 4.75. The Morgan fingerprint density at radius 2 is 2.00 bits per heavy atom. The van der Waals surface area contributed by atoms with E-state index in [0.29, 0.717) is 6.42 Å². The summed E-state index contributed by atoms with van der Waals surface area (Å²) in [5.41, 5.74) is 4.34. The number of carbonyl (C=O) groups is 1. The standard InChI is InChI=1S/C18H18BrNO2/c1-11-8-12(4-7-17(11)22-3)9-15-14-10-13(19)5-6-16(14)20(2)18(15)21/h4-8,10,15H,9H2,1-3H3/t15-/m1/s1. The first-order chi connectivity index (χ1) is 10.5. The highest BCUT2D eigenvalue weighted by Gasteiger charge is 2.35. The molecule has 0 saturated heterocycles. The highest BCUT2D eigenvalue weighted by Crippen LogP contribution is 2.40. The number of amides is 1. The Labute approximate surface area is 139 Å². The zero-order valence-electron chi connectivity index (χ0n) is 12.9. The van der Waals surface area contributed by atoms with Crippen LogP contribution in [0.25, 0.3) is 0 Å². The van der Waals surface area contributed by atoms with Crippen LogP contribution in [0.1, 0.15) is 22.6 Å². The fraction of sp³-hybridized carbons (Fsp3) is 0.278. The van der Waals surface area contributed by atoms with Crippen molar-refractivity contribution in [1.82, 2.24) is 0 Å². The van der Waals surface area contributed by atoms with Gasteiger partial charge >= 0.3 is 0 Å². The number of hydrogen-bond acceptors (Lipinski definition) is 2. The van der Waals surface area contributed by atoms with Crippen LogP contribution in [0.4, 0.5) is 5.69 Å². The number of aryl methyl sites for hydroxylation is 1. The number of carbonyl (C=O) groups excluding carboxylic acids is 1. The van der Waals surface area contributed by atoms with Gasteiger partial charge < -0.3 is 9.64 Å². The molecule has 0 spiro atoms. The number of benzene rings is 2. The minimum atomic E-state index is -0.120. The second-order valence-electron chi connectivity index (χ2n) is 5.66. The number of hydrogen-bond donors (Lipinski definition) is 0. The van der Waals surface area contributed by atoms with Gasteiger partial charge in [-0.15, -0.1) is 0 Å². The lowest BCUT2D eigenvalue weighted by molar-refractivity contribution is -0.119. The zero-order chi connectivity index (χ0) is 15.9. The van der Waals surface area contributed by atoms with Crippen molar-refractivity contribution in [3.05, 3.63) is 57.6 Å². The molecule has 0 saturated carbocycles. The second kappa shape index (κ2) is 5.76. The Kier molecular flexibility index (Phi) is 3.96. The SMILES string of the molecule is COc1ccc(C[C@H]2C(=O)N(C)c3ccc(Br)cc32)cc1C. The number of halogens is 1. The Balaban J connectivity index is 1.94. The van der Waals surface area contributed by atoms with Crippen LogP contribution in [0.2, 0.25) is 0 Å². The highest BCUT2D eigenvalue weighted by molar-refractivity contribution is 9.10. The van der Waals surface area contributed by atoms with Gasteiger partial charge in [-0.1, -0.05) is 28.1 Å². The van der Waals surface area contributed by atoms with Crippen molar-refractivity contribution in [2.24, 2.45) is 0 Å². The summed E-state index contributed by atoms with van der Waals surface area (Å²) in [6, 6.07) is 12.1. The lowest BCUT2D eigenvalue weighted by Gasteiger charge is -2.12. The first-order valence-corrected chi connectivity index (χ1v) is 8.01. The lowest BCUT2D eigenvalue weighted by Crippen LogP contribution is -2.24. The predicted octanol–water partition coefficient (Wildman–Crippen LogP) is 4.07. The maximum Gasteiger partial charge on any atom is 0.234 e. The van der Waals surface area contributed by atoms with E-state index in [2.05, 4.69) is 28.1 Å². The average Bonchev–Trinajstić information content (AvgIpc) is 2.72. The zero-order valence-corrected chi connectivity index (χ0v) is 14.5. The molecular formula is C18H18BrNO2. The number of fused-ring (bicyclic) bond motifs is 1. The van der Waals surface area contributed by atoms with Gasteiger partial charge in [-0.3, -0.25) is 4.79 Å². The van der Waals surface area contributed by atoms with Crippen molar-refractivity contribution in [3.63, 3.8) is 0 Å². The number of rotatable bonds is 3. The summed E-state index contributed by atoms with van der Waals surface area (Å²) in [6.45, 7) is 2.02. The minimum absolute atomic E-state index is 0.120. The maximum atomic E-state index is 12.6. The molecule has 114 valence electrons. The number of anilines is 1. The summed E-state index contributed by atoms with van der Waals surface area (Å²) in [5, 5.41) is 0. The molecule has 22 heavy (non-hydrogen) atoms. The molecule has 1 aliphatic rings. The van der Waals surface area contributed by atoms with Crippen molar-refractivity contribution < 1.29 is 9.53 Å². The fourth-order valence-corrected chi connectivity index (χ4v) is 3.47. The van der Waals surface area contributed by atoms with Crippen molar-refractivity contribution in [1.29, 1.82) is 0 Å². The molecule has 0 fully saturated rings. The van der Waals surface area contributed by atoms with Crippen LogP contribution in [0.15, 0.2) is 40.9 Å². The number of likely N-dealkylation sites (N-methyl/N-ethyl adjacent to an activating group) is 1. The van der Waals surface area contributed by atoms with E-state index < -0.39 is 0 Å². The smallest absolute Gasteiger partial charge is 0.234 e. The third-order valence-electron chi connectivity index (χ3n) is 4.25. The van der Waals surface area contributed by atoms with E-state index in [0.717, 1.165) is 32.6 Å². The summed E-state index contributed by atoms with van der Waals surface area (Å²) in [4.78, 5) is 14.3. The summed E-state index contributed by atoms with van der Waals surface area (Å²) >= 11 is 3.50. The molecule has 0 aliphatic carbocycles. The van der Waals surface area contributed by atoms with Crippen LogP contribution in [-0.4, -0.2) is 20.1 Å². The molecule has 1 heterocycles. The fourth-order valence-electron chi connectivity index (χ4n) is 3.10. The maximum absolute atomic E-state index is 12.6. The van der Waals surface area contributed by atoms with E-state index in [1.54, 1.807) is 12.0 Å². The van der Waals surface area contributed by atoms with E-state index in [-0.39, 0.29) is 11.8 Å². The quantitative estimate of drug-likeness (QED) is 0.826. The lowest BCUT2D eigenvalue weighted by atomic mass is 9.92. The van der Waals surface area contributed by atoms with Gasteiger partial charge in [0.15, 0.2) is 0 Å². The van der Waals surface area contributed by atoms with E-state index in [9.17, 15) is 4.79 Å². The van der Waals surface area contributed by atoms with Crippen LogP contribution in [0.5, 0.6) is 5.75 Å². The first-order valence-electron chi connectivity index (χ1n) is 7.22. The van der Waals surface area contributed by atoms with E-state index >= 15 is 0 Å². The van der Waals surface area contributed by atoms with E-state index in [1.165, 1.54) is 0 Å². The Hall–Kier alpha value is -1.81. The molecular weight excluding hydrogens is 342 g/mol. The van der Waals surface area contributed by atoms with Crippen LogP contribution in [0, 0.1) is 6.92 Å². The van der Waals surface area contributed by atoms with E-state index in [4.69, 9.17) is 4.74 Å². The van der Waals surface area contributed by atoms with Crippen molar-refractivity contribution in [3.8, 4) is 5.75 Å². The third kappa shape index (κ3) is 2.52. The van der Waals surface area contributed by atoms with Gasteiger partial charge in [0.1, 0.15) is 5.75 Å². The van der Waals surface area contributed by atoms with E-state index in [1.807, 2.05) is 38.2 Å². The summed E-state index contributed by atoms with van der Waals surface area (Å²) < 4.78 is 6.30. The minimum Gasteiger partial charge on any atom is -0.496 e. The number of methoxy groups -OCH3 is 1. The van der Waals surface area contributed by atoms with Gasteiger partial charge in [0.05, 0.1) is 13.0 Å². The Morgan fingerprint density at radius 3 is 2.68 bits per heavy atom. The number of ether oxygens (including phenoxy) is 1. The summed E-state index contributed by atoms with van der Waals surface area (Å²) in [7, 11) is 3.51. The molecule has 1 amide bonds. The van der Waals surface area contributed by atoms with Gasteiger partial charge in [0.2, 0.25) is 5.91 Å². The normalized spacial score (nSPS) is 16.8. The molecule has 1 aliphatic heterocycles. The molecule has 0 unspecified atom stereocenters. The van der Waals surface area contributed by atoms with Gasteiger partial charge in [-0.25, -0.2) is 0 Å². The summed E-state index contributed by atoms with van der Waals surface area (Å²) in [5.74, 6) is 0.911. The highest BCUT2D eigenvalue weighted by atomic mass is 79.9. The van der Waals surface area contributed by atoms with Crippen LogP contribution >= 0.6 is 15.9 Å². The molecule has 2 aromatic carbocycles. The van der Waals surface area contributed by atoms with Crippen LogP contribution < -0.4 is 9.64 Å². The van der Waals surface area contributed by atoms with Crippen LogP contribution in [-0.2, 0) is 11.2 Å². The van der Waals surface area contributed by atoms with Gasteiger partial charge in [-0.05, 0) is 54.3 Å². The molecule has 3 nitrogen and oxygen atoms in total. The number of nitrogens with zero attached hydrogens (tertiary/aromatic N) is 1. The topological polar surface area (TPSA) is 29.5 Å². The molecule has 0 N–H and O–H groups in total. The van der Waals surface area contributed by atoms with Crippen molar-refractivity contribution in [2.75, 3.05) is 19.1 Å². The monoisotopic (exact) mass is 359 g/mol. The second-order valence-corrected chi connectivity index (χ2v) is 6.58. The molecule has 0 radical (unpaired) electrons. The molecule has 0 bridgehead atoms. The van der Waals surface area contributed by atoms with Crippen LogP contribution in [0.3, 0.4) is 0 Å². The molecule has 1 atom stereocenters. The van der Waals surface area contributed by atoms with Crippen molar-refractivity contribution >= 4 is 27.5 Å². The molecule has 3 rings (SSSR count). The van der Waals surface area contributed by atoms with Gasteiger partial charge in [0, 0.05) is 17.2 Å². The van der Waals surface area contributed by atoms with Gasteiger partial charge in [-0.2, -0.15) is 0 Å². The average molecular weight is 360 g/mol. The molecule has 0 aromatic heterocycles. The first kappa shape index (κ1) is 15.1. The predicted molar refractivity (Wildman–Crippen MR) is 91.7 cm³/mol. The van der Waals surface area contributed by atoms with Gasteiger partial charge in [0.25, 0.3) is 0 Å². The Morgan fingerprint density at radius 1 is 1.23 bits per heavy atom. The Bertz CT molecular complexity index is 742. The summed E-state index contributed by atoms with van der Waals surface area (Å²) in [6.07, 6.45) is 0.706. The molecule has 2 aromatic rings.